The van der Waals surface area contributed by atoms with Crippen LogP contribution in [-0.4, -0.2) is 67.8 Å². The molecule has 2 atom stereocenters. The smallest absolute Gasteiger partial charge is 0.163 e. The summed E-state index contributed by atoms with van der Waals surface area (Å²) in [6.07, 6.45) is 6.19. The number of carbonyl (C=O) groups is 1. The summed E-state index contributed by atoms with van der Waals surface area (Å²) in [4.78, 5) is 15.6. The highest BCUT2D eigenvalue weighted by Crippen LogP contribution is 2.35. The number of aliphatic hydroxyl groups excluding tert-OH is 1. The summed E-state index contributed by atoms with van der Waals surface area (Å²) >= 11 is 0. The van der Waals surface area contributed by atoms with Crippen LogP contribution in [0.25, 0.3) is 0 Å². The van der Waals surface area contributed by atoms with Gasteiger partial charge in [0.25, 0.3) is 0 Å². The van der Waals surface area contributed by atoms with Crippen LogP contribution in [0, 0.1) is 0 Å². The molecule has 1 aliphatic heterocycles. The van der Waals surface area contributed by atoms with Crippen LogP contribution in [0.5, 0.6) is 11.5 Å². The lowest BCUT2D eigenvalue weighted by atomic mass is 10.0. The monoisotopic (exact) mass is 452 g/mol. The minimum absolute atomic E-state index is 0.179. The van der Waals surface area contributed by atoms with E-state index in [9.17, 15) is 9.90 Å². The molecule has 2 fully saturated rings. The molecular weight excluding hydrogens is 416 g/mol. The Kier molecular flexibility index (Phi) is 8.24. The Hall–Kier alpha value is -2.57. The van der Waals surface area contributed by atoms with Crippen molar-refractivity contribution in [1.29, 1.82) is 0 Å². The second-order valence-electron chi connectivity index (χ2n) is 9.20. The number of nitrogens with zero attached hydrogens (tertiary/aromatic N) is 2. The van der Waals surface area contributed by atoms with Crippen LogP contribution in [0.15, 0.2) is 48.5 Å². The number of methoxy groups -OCH3 is 1. The van der Waals surface area contributed by atoms with E-state index in [2.05, 4.69) is 46.2 Å². The fourth-order valence-electron chi connectivity index (χ4n) is 5.04. The van der Waals surface area contributed by atoms with Crippen LogP contribution in [0.4, 0.5) is 5.69 Å². The zero-order valence-corrected chi connectivity index (χ0v) is 19.6. The summed E-state index contributed by atoms with van der Waals surface area (Å²) in [5.41, 5.74) is 2.41. The normalized spacial score (nSPS) is 20.5. The zero-order valence-electron chi connectivity index (χ0n) is 19.6. The number of anilines is 1. The summed E-state index contributed by atoms with van der Waals surface area (Å²) < 4.78 is 11.9. The molecule has 2 aromatic rings. The van der Waals surface area contributed by atoms with Crippen molar-refractivity contribution >= 4 is 12.0 Å². The summed E-state index contributed by atoms with van der Waals surface area (Å²) in [7, 11) is 1.69. The molecule has 0 amide bonds. The Morgan fingerprint density at radius 2 is 1.88 bits per heavy atom. The average molecular weight is 453 g/mol. The van der Waals surface area contributed by atoms with Crippen LogP contribution in [0.1, 0.15) is 37.7 Å². The molecule has 2 aromatic carbocycles. The largest absolute Gasteiger partial charge is 0.493 e. The summed E-state index contributed by atoms with van der Waals surface area (Å²) in [6, 6.07) is 16.9. The van der Waals surface area contributed by atoms with Crippen LogP contribution >= 0.6 is 0 Å². The third-order valence-electron chi connectivity index (χ3n) is 6.84. The molecule has 0 unspecified atom stereocenters. The van der Waals surface area contributed by atoms with Gasteiger partial charge in [-0.1, -0.05) is 30.3 Å². The van der Waals surface area contributed by atoms with Crippen molar-refractivity contribution in [3.05, 3.63) is 54.1 Å². The van der Waals surface area contributed by atoms with Gasteiger partial charge in [-0.25, -0.2) is 0 Å². The van der Waals surface area contributed by atoms with Crippen molar-refractivity contribution < 1.29 is 19.4 Å². The average Bonchev–Trinajstić information content (AvgIpc) is 3.34. The van der Waals surface area contributed by atoms with E-state index in [1.54, 1.807) is 7.11 Å². The Balaban J connectivity index is 1.51. The van der Waals surface area contributed by atoms with Gasteiger partial charge in [-0.3, -0.25) is 4.90 Å². The molecule has 0 bridgehead atoms. The first-order valence-corrected chi connectivity index (χ1v) is 12.2. The van der Waals surface area contributed by atoms with E-state index >= 15 is 0 Å². The fourth-order valence-corrected chi connectivity index (χ4v) is 5.04. The number of benzene rings is 2. The zero-order chi connectivity index (χ0) is 23.0. The van der Waals surface area contributed by atoms with E-state index in [4.69, 9.17) is 9.47 Å². The quantitative estimate of drug-likeness (QED) is 0.555. The molecule has 0 aromatic heterocycles. The maximum atomic E-state index is 10.9. The fraction of sp³-hybridized carbons (Fsp3) is 0.519. The molecule has 6 heteroatoms. The van der Waals surface area contributed by atoms with E-state index in [0.29, 0.717) is 6.54 Å². The van der Waals surface area contributed by atoms with Gasteiger partial charge in [-0.2, -0.15) is 0 Å². The van der Waals surface area contributed by atoms with Crippen molar-refractivity contribution in [3.63, 3.8) is 0 Å². The topological polar surface area (TPSA) is 62.2 Å². The number of β-amino-alcohol motifs (C(OH)–C–C–N with tert-alkyl or cyclic N) is 1. The lowest BCUT2D eigenvalue weighted by Gasteiger charge is -2.43. The molecular formula is C27H36N2O4. The SMILES string of the molecule is COc1ccc(N2CCN(C[C@H](O)CC=O)[C@@H](Cc3ccccc3)C2)cc1OC1CCCC1. The van der Waals surface area contributed by atoms with Crippen molar-refractivity contribution in [2.24, 2.45) is 0 Å². The molecule has 6 nitrogen and oxygen atoms in total. The first-order chi connectivity index (χ1) is 16.2. The number of rotatable bonds is 10. The van der Waals surface area contributed by atoms with Crippen LogP contribution < -0.4 is 14.4 Å². The van der Waals surface area contributed by atoms with Gasteiger partial charge in [-0.05, 0) is 49.8 Å². The molecule has 4 rings (SSSR count). The van der Waals surface area contributed by atoms with E-state index in [-0.39, 0.29) is 18.6 Å². The molecule has 0 radical (unpaired) electrons. The Morgan fingerprint density at radius 3 is 2.61 bits per heavy atom. The van der Waals surface area contributed by atoms with Crippen LogP contribution in [0.3, 0.4) is 0 Å². The van der Waals surface area contributed by atoms with Gasteiger partial charge in [0.05, 0.1) is 19.3 Å². The number of carbonyl (C=O) groups excluding carboxylic acids is 1. The Bertz CT molecular complexity index is 885. The standard InChI is InChI=1S/C27H36N2O4/c1-32-26-12-11-22(18-27(26)33-25-9-5-6-10-25)28-14-15-29(20-24(31)13-16-30)23(19-28)17-21-7-3-2-4-8-21/h2-4,7-8,11-12,16,18,23-25,31H,5-6,9-10,13-15,17,19-20H2,1H3/t23-,24+/m0/s1. The number of ether oxygens (including phenoxy) is 2. The molecule has 178 valence electrons. The molecule has 1 saturated carbocycles. The Labute approximate surface area is 197 Å². The lowest BCUT2D eigenvalue weighted by molar-refractivity contribution is -0.109. The lowest BCUT2D eigenvalue weighted by Crippen LogP contribution is -2.55. The molecule has 1 saturated heterocycles. The van der Waals surface area contributed by atoms with Gasteiger partial charge in [0.2, 0.25) is 0 Å². The van der Waals surface area contributed by atoms with Crippen molar-refractivity contribution in [3.8, 4) is 11.5 Å². The molecule has 1 heterocycles. The van der Waals surface area contributed by atoms with Crippen molar-refractivity contribution in [2.75, 3.05) is 38.2 Å². The minimum Gasteiger partial charge on any atom is -0.493 e. The van der Waals surface area contributed by atoms with Crippen molar-refractivity contribution in [2.45, 2.75) is 56.8 Å². The van der Waals surface area contributed by atoms with Crippen molar-refractivity contribution in [1.82, 2.24) is 4.90 Å². The summed E-state index contributed by atoms with van der Waals surface area (Å²) in [5, 5.41) is 10.3. The predicted octanol–water partition coefficient (Wildman–Crippen LogP) is 3.70. The third-order valence-corrected chi connectivity index (χ3v) is 6.84. The van der Waals surface area contributed by atoms with Gasteiger partial charge < -0.3 is 24.3 Å². The second-order valence-corrected chi connectivity index (χ2v) is 9.20. The van der Waals surface area contributed by atoms with Gasteiger partial charge in [0, 0.05) is 50.4 Å². The maximum absolute atomic E-state index is 10.9. The van der Waals surface area contributed by atoms with E-state index < -0.39 is 6.10 Å². The molecule has 1 N–H and O–H groups in total. The van der Waals surface area contributed by atoms with Gasteiger partial charge in [0.1, 0.15) is 6.29 Å². The predicted molar refractivity (Wildman–Crippen MR) is 130 cm³/mol. The van der Waals surface area contributed by atoms with Crippen LogP contribution in [-0.2, 0) is 11.2 Å². The molecule has 2 aliphatic rings. The highest BCUT2D eigenvalue weighted by atomic mass is 16.5. The first-order valence-electron chi connectivity index (χ1n) is 12.2. The first kappa shape index (κ1) is 23.6. The highest BCUT2D eigenvalue weighted by Gasteiger charge is 2.29. The number of hydrogen-bond donors (Lipinski definition) is 1. The molecule has 33 heavy (non-hydrogen) atoms. The number of hydrogen-bond acceptors (Lipinski definition) is 6. The van der Waals surface area contributed by atoms with Gasteiger partial charge in [-0.15, -0.1) is 0 Å². The highest BCUT2D eigenvalue weighted by molar-refractivity contribution is 5.57. The number of aliphatic hydroxyl groups is 1. The molecule has 0 spiro atoms. The van der Waals surface area contributed by atoms with Gasteiger partial charge in [0.15, 0.2) is 11.5 Å². The van der Waals surface area contributed by atoms with E-state index in [0.717, 1.165) is 62.4 Å². The summed E-state index contributed by atoms with van der Waals surface area (Å²) in [5.74, 6) is 1.60. The Morgan fingerprint density at radius 1 is 1.09 bits per heavy atom. The third kappa shape index (κ3) is 6.27. The summed E-state index contributed by atoms with van der Waals surface area (Å²) in [6.45, 7) is 3.05. The van der Waals surface area contributed by atoms with E-state index in [1.165, 1.54) is 18.4 Å². The number of piperazine rings is 1. The van der Waals surface area contributed by atoms with Crippen LogP contribution in [0.2, 0.25) is 0 Å². The van der Waals surface area contributed by atoms with E-state index in [1.807, 2.05) is 12.1 Å². The second kappa shape index (κ2) is 11.5. The maximum Gasteiger partial charge on any atom is 0.163 e. The van der Waals surface area contributed by atoms with Gasteiger partial charge >= 0.3 is 0 Å². The molecule has 1 aliphatic carbocycles. The number of aldehydes is 1. The minimum atomic E-state index is -0.625.